The average molecular weight is 523 g/mol. The van der Waals surface area contributed by atoms with Crippen molar-refractivity contribution >= 4 is 22.5 Å². The molecule has 6 rings (SSSR count). The molecule has 2 heterocycles. The monoisotopic (exact) mass is 522 g/mol. The molecule has 39 heavy (non-hydrogen) atoms. The molecule has 0 saturated heterocycles. The van der Waals surface area contributed by atoms with Gasteiger partial charge < -0.3 is 14.3 Å². The minimum Gasteiger partial charge on any atom is -0.460 e. The Bertz CT molecular complexity index is 1450. The van der Waals surface area contributed by atoms with E-state index in [0.29, 0.717) is 24.8 Å². The molecule has 0 fully saturated rings. The van der Waals surface area contributed by atoms with Crippen molar-refractivity contribution < 1.29 is 14.3 Å². The van der Waals surface area contributed by atoms with Gasteiger partial charge in [-0.25, -0.2) is 9.98 Å². The van der Waals surface area contributed by atoms with Crippen LogP contribution in [-0.2, 0) is 11.2 Å². The smallest absolute Gasteiger partial charge is 0.155 e. The quantitative estimate of drug-likeness (QED) is 0.314. The zero-order valence-electron chi connectivity index (χ0n) is 22.9. The first-order valence-corrected chi connectivity index (χ1v) is 14.6. The van der Waals surface area contributed by atoms with Gasteiger partial charge in [0.2, 0.25) is 0 Å². The van der Waals surface area contributed by atoms with Crippen molar-refractivity contribution in [2.75, 3.05) is 6.61 Å². The first kappa shape index (κ1) is 26.0. The second-order valence-corrected chi connectivity index (χ2v) is 11.0. The van der Waals surface area contributed by atoms with Crippen LogP contribution >= 0.6 is 0 Å². The van der Waals surface area contributed by atoms with Crippen LogP contribution in [0.4, 0.5) is 0 Å². The van der Waals surface area contributed by atoms with Gasteiger partial charge >= 0.3 is 0 Å². The largest absolute Gasteiger partial charge is 0.460 e. The SMILES string of the molecule is CCCCC(CC)COC1CC(C2Cc3oc4ccccc4c3-c3ccccc32)=NC(C2C=CC=CC2O)=N1. The Morgan fingerprint density at radius 2 is 1.85 bits per heavy atom. The minimum absolute atomic E-state index is 0.0631. The maximum Gasteiger partial charge on any atom is 0.155 e. The number of aliphatic imine (C=N–C) groups is 2. The molecule has 5 unspecified atom stereocenters. The maximum absolute atomic E-state index is 10.8. The summed E-state index contributed by atoms with van der Waals surface area (Å²) in [7, 11) is 0. The predicted octanol–water partition coefficient (Wildman–Crippen LogP) is 7.64. The van der Waals surface area contributed by atoms with Crippen LogP contribution < -0.4 is 0 Å². The lowest BCUT2D eigenvalue weighted by Gasteiger charge is -2.32. The first-order valence-electron chi connectivity index (χ1n) is 14.6. The number of hydrogen-bond acceptors (Lipinski definition) is 5. The zero-order chi connectivity index (χ0) is 26.8. The molecule has 0 saturated carbocycles. The summed E-state index contributed by atoms with van der Waals surface area (Å²) in [4.78, 5) is 10.1. The molecule has 3 aliphatic rings. The molecule has 0 amide bonds. The van der Waals surface area contributed by atoms with Gasteiger partial charge in [-0.1, -0.05) is 99.9 Å². The summed E-state index contributed by atoms with van der Waals surface area (Å²) in [6, 6.07) is 16.9. The molecule has 2 aromatic carbocycles. The number of benzene rings is 2. The third kappa shape index (κ3) is 5.18. The lowest BCUT2D eigenvalue weighted by molar-refractivity contribution is 0.0336. The number of unbranched alkanes of at least 4 members (excludes halogenated alkanes) is 1. The van der Waals surface area contributed by atoms with E-state index in [1.165, 1.54) is 36.0 Å². The molecular formula is C34H38N2O3. The Morgan fingerprint density at radius 3 is 2.69 bits per heavy atom. The van der Waals surface area contributed by atoms with Crippen LogP contribution in [0.3, 0.4) is 0 Å². The maximum atomic E-state index is 10.8. The number of hydrogen-bond donors (Lipinski definition) is 1. The summed E-state index contributed by atoms with van der Waals surface area (Å²) < 4.78 is 12.9. The van der Waals surface area contributed by atoms with Crippen molar-refractivity contribution in [2.24, 2.45) is 21.8 Å². The van der Waals surface area contributed by atoms with E-state index in [1.54, 1.807) is 6.08 Å². The van der Waals surface area contributed by atoms with E-state index >= 15 is 0 Å². The van der Waals surface area contributed by atoms with Crippen molar-refractivity contribution in [3.63, 3.8) is 0 Å². The van der Waals surface area contributed by atoms with E-state index < -0.39 is 6.10 Å². The average Bonchev–Trinajstić information content (AvgIpc) is 3.36. The van der Waals surface area contributed by atoms with E-state index in [4.69, 9.17) is 19.1 Å². The number of ether oxygens (including phenoxy) is 1. The Balaban J connectivity index is 1.35. The lowest BCUT2D eigenvalue weighted by Crippen LogP contribution is -2.35. The van der Waals surface area contributed by atoms with Crippen LogP contribution in [0, 0.1) is 11.8 Å². The molecule has 202 valence electrons. The van der Waals surface area contributed by atoms with Gasteiger partial charge in [-0.05, 0) is 29.5 Å². The van der Waals surface area contributed by atoms with Gasteiger partial charge in [0.1, 0.15) is 17.2 Å². The Morgan fingerprint density at radius 1 is 1.03 bits per heavy atom. The number of fused-ring (bicyclic) bond motifs is 5. The second kappa shape index (κ2) is 11.4. The molecule has 5 heteroatoms. The van der Waals surface area contributed by atoms with Crippen LogP contribution in [-0.4, -0.2) is 35.6 Å². The highest BCUT2D eigenvalue weighted by atomic mass is 16.5. The van der Waals surface area contributed by atoms with Gasteiger partial charge in [-0.15, -0.1) is 0 Å². The first-order chi connectivity index (χ1) is 19.2. The fourth-order valence-electron chi connectivity index (χ4n) is 6.21. The highest BCUT2D eigenvalue weighted by molar-refractivity contribution is 6.07. The van der Waals surface area contributed by atoms with Crippen LogP contribution in [0.5, 0.6) is 0 Å². The Hall–Kier alpha value is -3.28. The topological polar surface area (TPSA) is 67.3 Å². The molecule has 3 aromatic rings. The molecule has 0 radical (unpaired) electrons. The minimum atomic E-state index is -0.647. The highest BCUT2D eigenvalue weighted by Gasteiger charge is 2.36. The fourth-order valence-corrected chi connectivity index (χ4v) is 6.21. The fraction of sp³-hybridized carbons (Fsp3) is 0.412. The molecule has 5 nitrogen and oxygen atoms in total. The van der Waals surface area contributed by atoms with E-state index in [1.807, 2.05) is 30.4 Å². The van der Waals surface area contributed by atoms with E-state index in [2.05, 4.69) is 50.2 Å². The number of aliphatic hydroxyl groups excluding tert-OH is 1. The number of nitrogens with zero attached hydrogens (tertiary/aromatic N) is 2. The lowest BCUT2D eigenvalue weighted by atomic mass is 9.77. The predicted molar refractivity (Wildman–Crippen MR) is 158 cm³/mol. The van der Waals surface area contributed by atoms with Crippen LogP contribution in [0.25, 0.3) is 22.1 Å². The van der Waals surface area contributed by atoms with Crippen molar-refractivity contribution in [1.82, 2.24) is 0 Å². The Kier molecular flexibility index (Phi) is 7.62. The number of allylic oxidation sites excluding steroid dienone is 2. The summed E-state index contributed by atoms with van der Waals surface area (Å²) >= 11 is 0. The molecular weight excluding hydrogens is 484 g/mol. The van der Waals surface area contributed by atoms with Gasteiger partial charge in [0, 0.05) is 35.4 Å². The highest BCUT2D eigenvalue weighted by Crippen LogP contribution is 2.46. The number of amidine groups is 1. The van der Waals surface area contributed by atoms with Gasteiger partial charge in [-0.3, -0.25) is 0 Å². The molecule has 2 aliphatic carbocycles. The number of furan rings is 1. The standard InChI is InChI=1S/C34H38N2O3/c1-3-5-12-22(4-2)21-38-32-20-28(35-34(36-32)25-15-8-10-17-29(25)37)27-19-31-33(24-14-7-6-13-23(24)27)26-16-9-11-18-30(26)39-31/h6-11,13-18,22,25,27,29,32,37H,3-5,12,19-21H2,1-2H3. The third-order valence-electron chi connectivity index (χ3n) is 8.46. The van der Waals surface area contributed by atoms with Gasteiger partial charge in [0.05, 0.1) is 18.6 Å². The zero-order valence-corrected chi connectivity index (χ0v) is 22.9. The molecule has 0 spiro atoms. The van der Waals surface area contributed by atoms with E-state index in [-0.39, 0.29) is 18.1 Å². The van der Waals surface area contributed by atoms with Gasteiger partial charge in [0.15, 0.2) is 6.23 Å². The summed E-state index contributed by atoms with van der Waals surface area (Å²) in [6.07, 6.45) is 12.8. The van der Waals surface area contributed by atoms with Crippen molar-refractivity contribution in [1.29, 1.82) is 0 Å². The molecule has 0 bridgehead atoms. The summed E-state index contributed by atoms with van der Waals surface area (Å²) in [5, 5.41) is 11.9. The number of rotatable bonds is 9. The van der Waals surface area contributed by atoms with Crippen molar-refractivity contribution in [2.45, 2.75) is 70.6 Å². The van der Waals surface area contributed by atoms with Gasteiger partial charge in [0.25, 0.3) is 0 Å². The van der Waals surface area contributed by atoms with Crippen molar-refractivity contribution in [3.8, 4) is 11.1 Å². The third-order valence-corrected chi connectivity index (χ3v) is 8.46. The normalized spacial score (nSPS) is 24.7. The second-order valence-electron chi connectivity index (χ2n) is 11.0. The van der Waals surface area contributed by atoms with Crippen molar-refractivity contribution in [3.05, 3.63) is 84.2 Å². The molecule has 5 atom stereocenters. The van der Waals surface area contributed by atoms with E-state index in [9.17, 15) is 5.11 Å². The molecule has 1 N–H and O–H groups in total. The summed E-state index contributed by atoms with van der Waals surface area (Å²) in [6.45, 7) is 5.18. The van der Waals surface area contributed by atoms with Crippen LogP contribution in [0.2, 0.25) is 0 Å². The van der Waals surface area contributed by atoms with Gasteiger partial charge in [-0.2, -0.15) is 0 Å². The number of aliphatic hydroxyl groups is 1. The van der Waals surface area contributed by atoms with Crippen LogP contribution in [0.1, 0.15) is 63.2 Å². The van der Waals surface area contributed by atoms with E-state index in [0.717, 1.165) is 35.3 Å². The Labute approximate surface area is 231 Å². The van der Waals surface area contributed by atoms with Crippen LogP contribution in [0.15, 0.2) is 87.2 Å². The summed E-state index contributed by atoms with van der Waals surface area (Å²) in [5.74, 6) is 1.98. The molecule has 1 aromatic heterocycles. The summed E-state index contributed by atoms with van der Waals surface area (Å²) in [5.41, 5.74) is 5.66. The number of para-hydroxylation sites is 1. The molecule has 1 aliphatic heterocycles.